The number of anilines is 3. The van der Waals surface area contributed by atoms with Crippen molar-refractivity contribution in [3.05, 3.63) is 53.1 Å². The minimum absolute atomic E-state index is 0.0661. The Labute approximate surface area is 186 Å². The molecule has 1 amide bonds. The Morgan fingerprint density at radius 1 is 1.16 bits per heavy atom. The van der Waals surface area contributed by atoms with Gasteiger partial charge in [-0.2, -0.15) is 0 Å². The lowest BCUT2D eigenvalue weighted by atomic mass is 9.97. The average Bonchev–Trinajstić information content (AvgIpc) is 2.68. The SMILES string of the molecule is CC(C)(C)OC(=O)N1CC(CCn2c(=O)ccc3cnc(Nc4ccc(N)cn4)cc32)C1. The molecular weight excluding hydrogens is 408 g/mol. The van der Waals surface area contributed by atoms with E-state index in [4.69, 9.17) is 10.5 Å². The highest BCUT2D eigenvalue weighted by molar-refractivity contribution is 5.81. The topological polar surface area (TPSA) is 115 Å². The molecule has 3 aromatic heterocycles. The fourth-order valence-electron chi connectivity index (χ4n) is 3.64. The van der Waals surface area contributed by atoms with Gasteiger partial charge in [-0.15, -0.1) is 0 Å². The minimum Gasteiger partial charge on any atom is -0.444 e. The van der Waals surface area contributed by atoms with Gasteiger partial charge in [0.25, 0.3) is 5.56 Å². The molecule has 3 N–H and O–H groups in total. The monoisotopic (exact) mass is 436 g/mol. The van der Waals surface area contributed by atoms with Crippen molar-refractivity contribution in [2.24, 2.45) is 5.92 Å². The van der Waals surface area contributed by atoms with Gasteiger partial charge in [0, 0.05) is 43.4 Å². The second-order valence-electron chi connectivity index (χ2n) is 9.09. The lowest BCUT2D eigenvalue weighted by Crippen LogP contribution is -2.51. The molecule has 9 heteroatoms. The molecule has 0 radical (unpaired) electrons. The van der Waals surface area contributed by atoms with E-state index in [1.54, 1.807) is 46.1 Å². The van der Waals surface area contributed by atoms with Crippen molar-refractivity contribution < 1.29 is 9.53 Å². The molecule has 1 saturated heterocycles. The lowest BCUT2D eigenvalue weighted by molar-refractivity contribution is -0.00264. The third-order valence-corrected chi connectivity index (χ3v) is 5.29. The highest BCUT2D eigenvalue weighted by atomic mass is 16.6. The summed E-state index contributed by atoms with van der Waals surface area (Å²) >= 11 is 0. The van der Waals surface area contributed by atoms with Gasteiger partial charge in [0.1, 0.15) is 17.2 Å². The van der Waals surface area contributed by atoms with Crippen LogP contribution in [0, 0.1) is 5.92 Å². The Hall–Kier alpha value is -3.62. The van der Waals surface area contributed by atoms with Crippen molar-refractivity contribution in [1.82, 2.24) is 19.4 Å². The maximum absolute atomic E-state index is 12.6. The molecule has 1 aliphatic rings. The van der Waals surface area contributed by atoms with E-state index in [1.165, 1.54) is 0 Å². The fraction of sp³-hybridized carbons (Fsp3) is 0.391. The van der Waals surface area contributed by atoms with Gasteiger partial charge in [0.15, 0.2) is 0 Å². The van der Waals surface area contributed by atoms with Gasteiger partial charge in [-0.1, -0.05) is 0 Å². The van der Waals surface area contributed by atoms with E-state index in [0.29, 0.717) is 42.9 Å². The maximum atomic E-state index is 12.6. The molecule has 4 heterocycles. The molecular formula is C23H28N6O3. The molecule has 0 unspecified atom stereocenters. The number of nitrogens with zero attached hydrogens (tertiary/aromatic N) is 4. The Morgan fingerprint density at radius 3 is 2.59 bits per heavy atom. The number of amides is 1. The van der Waals surface area contributed by atoms with Crippen molar-refractivity contribution in [2.75, 3.05) is 24.1 Å². The van der Waals surface area contributed by atoms with Gasteiger partial charge in [0.2, 0.25) is 0 Å². The second kappa shape index (κ2) is 8.49. The smallest absolute Gasteiger partial charge is 0.410 e. The lowest BCUT2D eigenvalue weighted by Gasteiger charge is -2.40. The van der Waals surface area contributed by atoms with Crippen LogP contribution in [-0.2, 0) is 11.3 Å². The van der Waals surface area contributed by atoms with E-state index in [9.17, 15) is 9.59 Å². The molecule has 32 heavy (non-hydrogen) atoms. The molecule has 9 nitrogen and oxygen atoms in total. The molecule has 0 aromatic carbocycles. The number of likely N-dealkylation sites (tertiary alicyclic amines) is 1. The van der Waals surface area contributed by atoms with E-state index in [0.717, 1.165) is 17.3 Å². The molecule has 3 aromatic rings. The van der Waals surface area contributed by atoms with Crippen LogP contribution in [0.3, 0.4) is 0 Å². The summed E-state index contributed by atoms with van der Waals surface area (Å²) in [5.41, 5.74) is 6.50. The summed E-state index contributed by atoms with van der Waals surface area (Å²) in [5.74, 6) is 1.55. The summed E-state index contributed by atoms with van der Waals surface area (Å²) in [6.07, 6.45) is 3.81. The number of aromatic nitrogens is 3. The molecule has 4 rings (SSSR count). The third kappa shape index (κ3) is 4.99. The van der Waals surface area contributed by atoms with Gasteiger partial charge in [-0.25, -0.2) is 14.8 Å². The van der Waals surface area contributed by atoms with Crippen LogP contribution < -0.4 is 16.6 Å². The highest BCUT2D eigenvalue weighted by Crippen LogP contribution is 2.24. The number of ether oxygens (including phenoxy) is 1. The zero-order valence-corrected chi connectivity index (χ0v) is 18.5. The third-order valence-electron chi connectivity index (χ3n) is 5.29. The van der Waals surface area contributed by atoms with Crippen LogP contribution in [0.2, 0.25) is 0 Å². The van der Waals surface area contributed by atoms with Crippen LogP contribution in [-0.4, -0.2) is 44.2 Å². The summed E-state index contributed by atoms with van der Waals surface area (Å²) in [5, 5.41) is 4.02. The summed E-state index contributed by atoms with van der Waals surface area (Å²) in [7, 11) is 0. The summed E-state index contributed by atoms with van der Waals surface area (Å²) in [4.78, 5) is 35.1. The molecule has 0 aliphatic carbocycles. The molecule has 0 saturated carbocycles. The van der Waals surface area contributed by atoms with Crippen molar-refractivity contribution in [3.63, 3.8) is 0 Å². The first-order chi connectivity index (χ1) is 15.2. The predicted octanol–water partition coefficient (Wildman–Crippen LogP) is 3.37. The van der Waals surface area contributed by atoms with E-state index in [2.05, 4.69) is 15.3 Å². The van der Waals surface area contributed by atoms with Crippen LogP contribution in [0.5, 0.6) is 0 Å². The summed E-state index contributed by atoms with van der Waals surface area (Å²) in [6, 6.07) is 8.72. The zero-order chi connectivity index (χ0) is 22.9. The van der Waals surface area contributed by atoms with Gasteiger partial charge in [-0.3, -0.25) is 4.79 Å². The number of pyridine rings is 3. The fourth-order valence-corrected chi connectivity index (χ4v) is 3.64. The van der Waals surface area contributed by atoms with Crippen LogP contribution in [0.25, 0.3) is 10.9 Å². The summed E-state index contributed by atoms with van der Waals surface area (Å²) in [6.45, 7) is 7.42. The number of nitrogens with two attached hydrogens (primary N) is 1. The number of nitrogen functional groups attached to an aromatic ring is 1. The average molecular weight is 437 g/mol. The van der Waals surface area contributed by atoms with E-state index < -0.39 is 5.60 Å². The molecule has 1 aliphatic heterocycles. The number of nitrogens with one attached hydrogen (secondary N) is 1. The summed E-state index contributed by atoms with van der Waals surface area (Å²) < 4.78 is 7.16. The Kier molecular flexibility index (Phi) is 5.73. The Morgan fingerprint density at radius 2 is 1.91 bits per heavy atom. The van der Waals surface area contributed by atoms with E-state index in [-0.39, 0.29) is 11.7 Å². The zero-order valence-electron chi connectivity index (χ0n) is 18.5. The van der Waals surface area contributed by atoms with Crippen molar-refractivity contribution in [3.8, 4) is 0 Å². The minimum atomic E-state index is -0.500. The van der Waals surface area contributed by atoms with Crippen LogP contribution >= 0.6 is 0 Å². The van der Waals surface area contributed by atoms with Gasteiger partial charge < -0.3 is 25.3 Å². The van der Waals surface area contributed by atoms with E-state index >= 15 is 0 Å². The quantitative estimate of drug-likeness (QED) is 0.630. The maximum Gasteiger partial charge on any atom is 0.410 e. The van der Waals surface area contributed by atoms with Crippen molar-refractivity contribution >= 4 is 34.3 Å². The molecule has 1 fully saturated rings. The first-order valence-electron chi connectivity index (χ1n) is 10.6. The predicted molar refractivity (Wildman–Crippen MR) is 124 cm³/mol. The molecule has 0 bridgehead atoms. The number of hydrogen-bond donors (Lipinski definition) is 2. The first-order valence-corrected chi connectivity index (χ1v) is 10.6. The van der Waals surface area contributed by atoms with Crippen LogP contribution in [0.15, 0.2) is 47.5 Å². The van der Waals surface area contributed by atoms with Gasteiger partial charge in [-0.05, 0) is 51.3 Å². The largest absolute Gasteiger partial charge is 0.444 e. The Bertz CT molecular complexity index is 1180. The number of rotatable bonds is 5. The van der Waals surface area contributed by atoms with E-state index in [1.807, 2.05) is 26.8 Å². The normalized spacial score (nSPS) is 14.3. The highest BCUT2D eigenvalue weighted by Gasteiger charge is 2.33. The molecule has 0 atom stereocenters. The van der Waals surface area contributed by atoms with Crippen LogP contribution in [0.4, 0.5) is 22.1 Å². The number of aryl methyl sites for hydroxylation is 1. The molecule has 168 valence electrons. The number of fused-ring (bicyclic) bond motifs is 1. The van der Waals surface area contributed by atoms with Gasteiger partial charge in [0.05, 0.1) is 17.4 Å². The van der Waals surface area contributed by atoms with Crippen molar-refractivity contribution in [1.29, 1.82) is 0 Å². The first kappa shape index (κ1) is 21.6. The standard InChI is InChI=1S/C23H28N6O3/c1-23(2,3)32-22(31)28-13-15(14-28)8-9-29-18-10-20(25-11-16(18)4-7-21(29)30)27-19-6-5-17(24)12-26-19/h4-7,10-12,15H,8-9,13-14,24H2,1-3H3,(H,25,26,27). The number of carbonyl (C=O) groups excluding carboxylic acids is 1. The number of hydrogen-bond acceptors (Lipinski definition) is 7. The van der Waals surface area contributed by atoms with Crippen LogP contribution in [0.1, 0.15) is 27.2 Å². The number of carbonyl (C=O) groups is 1. The van der Waals surface area contributed by atoms with Gasteiger partial charge >= 0.3 is 6.09 Å². The second-order valence-corrected chi connectivity index (χ2v) is 9.09. The molecule has 0 spiro atoms. The Balaban J connectivity index is 1.44. The van der Waals surface area contributed by atoms with Crippen molar-refractivity contribution in [2.45, 2.75) is 39.3 Å².